The molecule has 1 fully saturated rings. The highest BCUT2D eigenvalue weighted by Gasteiger charge is 2.26. The van der Waals surface area contributed by atoms with E-state index in [4.69, 9.17) is 9.84 Å². The summed E-state index contributed by atoms with van der Waals surface area (Å²) in [6.45, 7) is 7.36. The Labute approximate surface area is 114 Å². The molecule has 2 N–H and O–H groups in total. The van der Waals surface area contributed by atoms with Crippen molar-refractivity contribution in [3.63, 3.8) is 0 Å². The number of aliphatic carboxylic acids is 1. The molecule has 1 unspecified atom stereocenters. The number of urea groups is 1. The van der Waals surface area contributed by atoms with E-state index < -0.39 is 5.97 Å². The molecule has 0 aromatic carbocycles. The van der Waals surface area contributed by atoms with E-state index in [0.717, 1.165) is 6.42 Å². The first-order chi connectivity index (χ1) is 8.92. The lowest BCUT2D eigenvalue weighted by atomic mass is 10.0. The molecule has 6 heteroatoms. The first kappa shape index (κ1) is 15.8. The molecule has 2 amide bonds. The maximum atomic E-state index is 12.0. The molecule has 6 nitrogen and oxygen atoms in total. The van der Waals surface area contributed by atoms with Gasteiger partial charge in [0, 0.05) is 26.1 Å². The molecule has 0 saturated carbocycles. The van der Waals surface area contributed by atoms with Gasteiger partial charge < -0.3 is 20.1 Å². The monoisotopic (exact) mass is 272 g/mol. The number of amides is 2. The second-order valence-electron chi connectivity index (χ2n) is 5.22. The van der Waals surface area contributed by atoms with Crippen LogP contribution < -0.4 is 5.32 Å². The van der Waals surface area contributed by atoms with Crippen LogP contribution in [0.4, 0.5) is 4.79 Å². The molecule has 1 aliphatic rings. The molecule has 0 aliphatic carbocycles. The zero-order valence-electron chi connectivity index (χ0n) is 11.9. The summed E-state index contributed by atoms with van der Waals surface area (Å²) < 4.78 is 5.57. The second-order valence-corrected chi connectivity index (χ2v) is 5.22. The average Bonchev–Trinajstić information content (AvgIpc) is 2.32. The van der Waals surface area contributed by atoms with Gasteiger partial charge in [-0.1, -0.05) is 13.3 Å². The minimum Gasteiger partial charge on any atom is -0.481 e. The van der Waals surface area contributed by atoms with Crippen molar-refractivity contribution in [2.75, 3.05) is 19.6 Å². The van der Waals surface area contributed by atoms with Gasteiger partial charge in [0.1, 0.15) is 0 Å². The van der Waals surface area contributed by atoms with E-state index in [-0.39, 0.29) is 30.6 Å². The number of nitrogens with zero attached hydrogens (tertiary/aromatic N) is 1. The molecule has 1 heterocycles. The van der Waals surface area contributed by atoms with Crippen LogP contribution in [-0.2, 0) is 9.53 Å². The van der Waals surface area contributed by atoms with Crippen LogP contribution in [0.15, 0.2) is 0 Å². The van der Waals surface area contributed by atoms with Gasteiger partial charge in [-0.05, 0) is 19.8 Å². The zero-order chi connectivity index (χ0) is 14.4. The fourth-order valence-electron chi connectivity index (χ4n) is 2.29. The summed E-state index contributed by atoms with van der Waals surface area (Å²) in [5.74, 6) is -0.841. The lowest BCUT2D eigenvalue weighted by Gasteiger charge is -2.35. The Balaban J connectivity index is 2.39. The summed E-state index contributed by atoms with van der Waals surface area (Å²) in [4.78, 5) is 24.4. The van der Waals surface area contributed by atoms with Gasteiger partial charge in [-0.25, -0.2) is 4.79 Å². The normalized spacial score (nSPS) is 24.9. The quantitative estimate of drug-likeness (QED) is 0.791. The van der Waals surface area contributed by atoms with Crippen LogP contribution in [0.3, 0.4) is 0 Å². The molecule has 1 rings (SSSR count). The van der Waals surface area contributed by atoms with Crippen molar-refractivity contribution in [2.24, 2.45) is 5.92 Å². The highest BCUT2D eigenvalue weighted by molar-refractivity contribution is 5.74. The predicted molar refractivity (Wildman–Crippen MR) is 71.0 cm³/mol. The van der Waals surface area contributed by atoms with Crippen LogP contribution >= 0.6 is 0 Å². The number of hydrogen-bond donors (Lipinski definition) is 2. The summed E-state index contributed by atoms with van der Waals surface area (Å²) in [6, 6.07) is -0.133. The Morgan fingerprint density at radius 1 is 1.37 bits per heavy atom. The Morgan fingerprint density at radius 3 is 2.42 bits per heavy atom. The minimum atomic E-state index is -0.824. The smallest absolute Gasteiger partial charge is 0.317 e. The molecule has 0 aromatic heterocycles. The highest BCUT2D eigenvalue weighted by atomic mass is 16.5. The molecular formula is C13H24N2O4. The number of ether oxygens (including phenoxy) is 1. The third-order valence-corrected chi connectivity index (χ3v) is 3.29. The van der Waals surface area contributed by atoms with Crippen molar-refractivity contribution in [1.82, 2.24) is 10.2 Å². The Morgan fingerprint density at radius 2 is 1.95 bits per heavy atom. The van der Waals surface area contributed by atoms with E-state index in [1.54, 1.807) is 4.90 Å². The van der Waals surface area contributed by atoms with E-state index in [0.29, 0.717) is 19.6 Å². The molecule has 19 heavy (non-hydrogen) atoms. The Hall–Kier alpha value is -1.30. The molecule has 0 radical (unpaired) electrons. The molecule has 1 aliphatic heterocycles. The zero-order valence-corrected chi connectivity index (χ0v) is 11.9. The van der Waals surface area contributed by atoms with Crippen LogP contribution in [0.2, 0.25) is 0 Å². The first-order valence-electron chi connectivity index (χ1n) is 6.82. The van der Waals surface area contributed by atoms with Gasteiger partial charge in [0.15, 0.2) is 0 Å². The van der Waals surface area contributed by atoms with E-state index >= 15 is 0 Å². The van der Waals surface area contributed by atoms with Crippen molar-refractivity contribution >= 4 is 12.0 Å². The van der Waals surface area contributed by atoms with E-state index in [1.807, 2.05) is 20.8 Å². The lowest BCUT2D eigenvalue weighted by molar-refractivity contribution is -0.138. The summed E-state index contributed by atoms with van der Waals surface area (Å²) in [7, 11) is 0. The maximum Gasteiger partial charge on any atom is 0.317 e. The van der Waals surface area contributed by atoms with E-state index in [2.05, 4.69) is 5.32 Å². The van der Waals surface area contributed by atoms with Crippen molar-refractivity contribution in [3.05, 3.63) is 0 Å². The molecule has 0 bridgehead atoms. The van der Waals surface area contributed by atoms with Gasteiger partial charge in [-0.3, -0.25) is 4.79 Å². The van der Waals surface area contributed by atoms with Crippen LogP contribution in [0.5, 0.6) is 0 Å². The Kier molecular flexibility index (Phi) is 6.08. The van der Waals surface area contributed by atoms with E-state index in [9.17, 15) is 9.59 Å². The van der Waals surface area contributed by atoms with Crippen LogP contribution in [0.1, 0.15) is 33.6 Å². The fourth-order valence-corrected chi connectivity index (χ4v) is 2.29. The number of morpholine rings is 1. The number of carboxylic acid groups (broad SMARTS) is 1. The fraction of sp³-hybridized carbons (Fsp3) is 0.846. The van der Waals surface area contributed by atoms with Gasteiger partial charge in [-0.15, -0.1) is 0 Å². The minimum absolute atomic E-state index is 0.0164. The van der Waals surface area contributed by atoms with Crippen LogP contribution in [0.25, 0.3) is 0 Å². The number of carbonyl (C=O) groups is 2. The predicted octanol–water partition coefficient (Wildman–Crippen LogP) is 1.31. The van der Waals surface area contributed by atoms with Gasteiger partial charge in [-0.2, -0.15) is 0 Å². The van der Waals surface area contributed by atoms with Crippen LogP contribution in [0, 0.1) is 5.92 Å². The number of hydrogen-bond acceptors (Lipinski definition) is 3. The molecular weight excluding hydrogens is 248 g/mol. The highest BCUT2D eigenvalue weighted by Crippen LogP contribution is 2.11. The number of carboxylic acids is 1. The van der Waals surface area contributed by atoms with Crippen molar-refractivity contribution < 1.29 is 19.4 Å². The Bertz CT molecular complexity index is 312. The molecule has 0 spiro atoms. The van der Waals surface area contributed by atoms with Gasteiger partial charge in [0.05, 0.1) is 12.2 Å². The maximum absolute atomic E-state index is 12.0. The third-order valence-electron chi connectivity index (χ3n) is 3.29. The summed E-state index contributed by atoms with van der Waals surface area (Å²) in [6.07, 6.45) is 0.904. The number of rotatable bonds is 5. The van der Waals surface area contributed by atoms with E-state index in [1.165, 1.54) is 0 Å². The molecule has 110 valence electrons. The summed E-state index contributed by atoms with van der Waals surface area (Å²) in [5, 5.41) is 11.6. The standard InChI is InChI=1S/C13H24N2O4/c1-4-11(5-12(16)17)6-14-13(18)15-7-9(2)19-10(3)8-15/h9-11H,4-8H2,1-3H3,(H,14,18)(H,16,17)/t9-,10+,11?. The number of nitrogens with one attached hydrogen (secondary N) is 1. The SMILES string of the molecule is CCC(CNC(=O)N1C[C@@H](C)O[C@@H](C)C1)CC(=O)O. The van der Waals surface area contributed by atoms with Gasteiger partial charge in [0.2, 0.25) is 0 Å². The van der Waals surface area contributed by atoms with Crippen molar-refractivity contribution in [1.29, 1.82) is 0 Å². The summed E-state index contributed by atoms with van der Waals surface area (Å²) >= 11 is 0. The van der Waals surface area contributed by atoms with Gasteiger partial charge >= 0.3 is 12.0 Å². The summed E-state index contributed by atoms with van der Waals surface area (Å²) in [5.41, 5.74) is 0. The second kappa shape index (κ2) is 7.33. The average molecular weight is 272 g/mol. The van der Waals surface area contributed by atoms with Gasteiger partial charge in [0.25, 0.3) is 0 Å². The third kappa shape index (κ3) is 5.46. The first-order valence-corrected chi connectivity index (χ1v) is 6.82. The molecule has 3 atom stereocenters. The van der Waals surface area contributed by atoms with Crippen molar-refractivity contribution in [2.45, 2.75) is 45.8 Å². The van der Waals surface area contributed by atoms with Crippen molar-refractivity contribution in [3.8, 4) is 0 Å². The van der Waals surface area contributed by atoms with Crippen LogP contribution in [-0.4, -0.2) is 53.8 Å². The topological polar surface area (TPSA) is 78.9 Å². The number of carbonyl (C=O) groups excluding carboxylic acids is 1. The molecule has 0 aromatic rings. The lowest BCUT2D eigenvalue weighted by Crippen LogP contribution is -2.52. The largest absolute Gasteiger partial charge is 0.481 e. The molecule has 1 saturated heterocycles.